The van der Waals surface area contributed by atoms with E-state index in [-0.39, 0.29) is 0 Å². The molecule has 2 aromatic heterocycles. The van der Waals surface area contributed by atoms with Crippen molar-refractivity contribution in [3.63, 3.8) is 0 Å². The summed E-state index contributed by atoms with van der Waals surface area (Å²) >= 11 is 0. The quantitative estimate of drug-likeness (QED) is 0.196. The molecule has 3 heterocycles. The highest BCUT2D eigenvalue weighted by Crippen LogP contribution is 2.40. The predicted octanol–water partition coefficient (Wildman–Crippen LogP) is 8.59. The van der Waals surface area contributed by atoms with E-state index in [0.29, 0.717) is 0 Å². The lowest BCUT2D eigenvalue weighted by Gasteiger charge is -2.19. The van der Waals surface area contributed by atoms with Crippen molar-refractivity contribution >= 4 is 51.3 Å². The van der Waals surface area contributed by atoms with Crippen LogP contribution in [0.3, 0.4) is 0 Å². The molecule has 204 valence electrons. The Kier molecular flexibility index (Phi) is 5.05. The molecule has 0 saturated carbocycles. The second-order valence-corrected chi connectivity index (χ2v) is 16.4. The first kappa shape index (κ1) is 24.4. The van der Waals surface area contributed by atoms with Gasteiger partial charge in [0.2, 0.25) is 0 Å². The Hall–Kier alpha value is -5.19. The van der Waals surface area contributed by atoms with Crippen molar-refractivity contribution in [2.45, 2.75) is 13.1 Å². The summed E-state index contributed by atoms with van der Waals surface area (Å²) in [5, 5.41) is 5.66. The molecule has 4 heteroatoms. The van der Waals surface area contributed by atoms with E-state index >= 15 is 0 Å². The summed E-state index contributed by atoms with van der Waals surface area (Å²) in [7, 11) is -1.81. The molecule has 6 aromatic carbocycles. The van der Waals surface area contributed by atoms with Gasteiger partial charge in [-0.05, 0) is 58.4 Å². The Morgan fingerprint density at radius 3 is 1.98 bits per heavy atom. The largest absolute Gasteiger partial charge is 0.309 e. The van der Waals surface area contributed by atoms with Crippen molar-refractivity contribution in [3.05, 3.63) is 140 Å². The van der Waals surface area contributed by atoms with Gasteiger partial charge in [0, 0.05) is 33.3 Å². The topological polar surface area (TPSA) is 22.8 Å². The highest BCUT2D eigenvalue weighted by molar-refractivity contribution is 7.04. The fourth-order valence-electron chi connectivity index (χ4n) is 7.33. The number of para-hydroxylation sites is 3. The van der Waals surface area contributed by atoms with Crippen LogP contribution in [0.5, 0.6) is 0 Å². The molecule has 9 rings (SSSR count). The molecule has 0 N–H and O–H groups in total. The Bertz CT molecular complexity index is 2360. The smallest absolute Gasteiger partial charge is 0.145 e. The van der Waals surface area contributed by atoms with Gasteiger partial charge in [0.25, 0.3) is 0 Å². The van der Waals surface area contributed by atoms with Crippen LogP contribution in [-0.2, 0) is 0 Å². The molecule has 0 atom stereocenters. The summed E-state index contributed by atoms with van der Waals surface area (Å²) in [5.74, 6) is 0.952. The zero-order valence-electron chi connectivity index (χ0n) is 24.1. The van der Waals surface area contributed by atoms with E-state index in [1.807, 2.05) is 0 Å². The minimum absolute atomic E-state index is 0.952. The second-order valence-electron chi connectivity index (χ2n) is 12.0. The van der Waals surface area contributed by atoms with E-state index in [2.05, 4.69) is 162 Å². The number of hydrogen-bond acceptors (Lipinski definition) is 1. The third kappa shape index (κ3) is 3.38. The van der Waals surface area contributed by atoms with Crippen LogP contribution in [0.1, 0.15) is 0 Å². The first-order valence-corrected chi connectivity index (χ1v) is 17.9. The Balaban J connectivity index is 1.30. The minimum atomic E-state index is -1.81. The average Bonchev–Trinajstić information content (AvgIpc) is 3.68. The maximum Gasteiger partial charge on any atom is 0.145 e. The lowest BCUT2D eigenvalue weighted by molar-refractivity contribution is 1.09. The van der Waals surface area contributed by atoms with Crippen LogP contribution >= 0.6 is 0 Å². The van der Waals surface area contributed by atoms with Crippen LogP contribution in [0.4, 0.5) is 0 Å². The fraction of sp³-hybridized carbons (Fsp3) is 0.0513. The van der Waals surface area contributed by atoms with Gasteiger partial charge < -0.3 is 4.57 Å². The molecule has 0 bridgehead atoms. The number of rotatable bonds is 3. The van der Waals surface area contributed by atoms with Gasteiger partial charge in [-0.15, -0.1) is 0 Å². The van der Waals surface area contributed by atoms with E-state index in [9.17, 15) is 0 Å². The van der Waals surface area contributed by atoms with E-state index < -0.39 is 8.07 Å². The molecule has 1 aliphatic rings. The Labute approximate surface area is 251 Å². The van der Waals surface area contributed by atoms with Crippen LogP contribution in [0.2, 0.25) is 13.1 Å². The van der Waals surface area contributed by atoms with Gasteiger partial charge in [-0.1, -0.05) is 110 Å². The molecule has 0 aliphatic carbocycles. The maximum atomic E-state index is 5.05. The van der Waals surface area contributed by atoms with Crippen LogP contribution in [0.15, 0.2) is 140 Å². The van der Waals surface area contributed by atoms with Gasteiger partial charge in [0.15, 0.2) is 0 Å². The van der Waals surface area contributed by atoms with Crippen molar-refractivity contribution in [2.75, 3.05) is 0 Å². The predicted molar refractivity (Wildman–Crippen MR) is 183 cm³/mol. The molecular formula is C39H29N3Si. The van der Waals surface area contributed by atoms with Crippen LogP contribution in [0.25, 0.3) is 66.7 Å². The van der Waals surface area contributed by atoms with Crippen LogP contribution in [0, 0.1) is 0 Å². The lowest BCUT2D eigenvalue weighted by Crippen LogP contribution is -2.49. The summed E-state index contributed by atoms with van der Waals surface area (Å²) in [6, 6.07) is 50.6. The number of imidazole rings is 1. The molecule has 0 amide bonds. The summed E-state index contributed by atoms with van der Waals surface area (Å²) in [5.41, 5.74) is 10.8. The molecule has 0 saturated heterocycles. The van der Waals surface area contributed by atoms with Crippen molar-refractivity contribution < 1.29 is 0 Å². The number of hydrogen-bond donors (Lipinski definition) is 0. The van der Waals surface area contributed by atoms with Gasteiger partial charge in [-0.2, -0.15) is 0 Å². The van der Waals surface area contributed by atoms with E-state index in [1.54, 1.807) is 0 Å². The molecule has 8 aromatic rings. The van der Waals surface area contributed by atoms with Gasteiger partial charge >= 0.3 is 0 Å². The summed E-state index contributed by atoms with van der Waals surface area (Å²) in [4.78, 5) is 5.05. The highest BCUT2D eigenvalue weighted by Gasteiger charge is 2.39. The third-order valence-corrected chi connectivity index (χ3v) is 12.9. The lowest BCUT2D eigenvalue weighted by atomic mass is 10.0. The molecule has 0 spiro atoms. The molecule has 3 nitrogen and oxygen atoms in total. The van der Waals surface area contributed by atoms with Crippen LogP contribution < -0.4 is 10.4 Å². The number of nitrogens with zero attached hydrogens (tertiary/aromatic N) is 3. The first-order chi connectivity index (χ1) is 21.1. The monoisotopic (exact) mass is 567 g/mol. The summed E-state index contributed by atoms with van der Waals surface area (Å²) < 4.78 is 4.77. The van der Waals surface area contributed by atoms with E-state index in [4.69, 9.17) is 4.98 Å². The van der Waals surface area contributed by atoms with E-state index in [1.165, 1.54) is 43.3 Å². The maximum absolute atomic E-state index is 5.05. The number of benzene rings is 6. The van der Waals surface area contributed by atoms with E-state index in [0.717, 1.165) is 33.8 Å². The third-order valence-electron chi connectivity index (χ3n) is 9.34. The van der Waals surface area contributed by atoms with Gasteiger partial charge in [-0.3, -0.25) is 4.57 Å². The van der Waals surface area contributed by atoms with Crippen molar-refractivity contribution in [2.24, 2.45) is 0 Å². The van der Waals surface area contributed by atoms with Gasteiger partial charge in [0.05, 0.1) is 22.1 Å². The summed E-state index contributed by atoms with van der Waals surface area (Å²) in [6.07, 6.45) is 0. The normalized spacial score (nSPS) is 13.5. The molecule has 0 unspecified atom stereocenters. The second kappa shape index (κ2) is 8.90. The zero-order valence-corrected chi connectivity index (χ0v) is 25.1. The molecule has 0 fully saturated rings. The highest BCUT2D eigenvalue weighted by atomic mass is 28.3. The zero-order chi connectivity index (χ0) is 28.7. The van der Waals surface area contributed by atoms with Crippen molar-refractivity contribution in [3.8, 4) is 33.9 Å². The van der Waals surface area contributed by atoms with Gasteiger partial charge in [0.1, 0.15) is 13.9 Å². The first-order valence-electron chi connectivity index (χ1n) is 14.9. The Morgan fingerprint density at radius 1 is 0.512 bits per heavy atom. The van der Waals surface area contributed by atoms with Crippen LogP contribution in [-0.4, -0.2) is 22.2 Å². The average molecular weight is 568 g/mol. The standard InChI is InChI=1S/C39H29N3Si/c1-43(2)35-19-11-7-15-31(35)37-36(43)25-24-30-29-14-6-9-17-33(29)41(38(30)37)27-20-22-28(23-21-27)42-34-18-10-8-16-32(34)40-39(42)26-12-4-3-5-13-26/h3-25H,1-2H3. The molecule has 1 aliphatic heterocycles. The SMILES string of the molecule is C[Si]1(C)c2ccccc2-c2c1ccc1c3ccccc3n(-c3ccc(-n4c(-c5ccccc5)nc5ccccc54)cc3)c21. The molecular weight excluding hydrogens is 539 g/mol. The fourth-order valence-corrected chi connectivity index (χ4v) is 10.4. The van der Waals surface area contributed by atoms with Crippen molar-refractivity contribution in [1.29, 1.82) is 0 Å². The van der Waals surface area contributed by atoms with Crippen molar-refractivity contribution in [1.82, 2.24) is 14.1 Å². The Morgan fingerprint density at radius 2 is 1.16 bits per heavy atom. The van der Waals surface area contributed by atoms with Gasteiger partial charge in [-0.25, -0.2) is 4.98 Å². The summed E-state index contributed by atoms with van der Waals surface area (Å²) in [6.45, 7) is 4.98. The number of fused-ring (bicyclic) bond motifs is 8. The number of aromatic nitrogens is 3. The molecule has 43 heavy (non-hydrogen) atoms. The molecule has 0 radical (unpaired) electrons. The minimum Gasteiger partial charge on any atom is -0.309 e.